The smallest absolute Gasteiger partial charge is 0.228 e. The molecule has 2 atom stereocenters. The van der Waals surface area contributed by atoms with Crippen LogP contribution < -0.4 is 4.90 Å². The first-order valence-corrected chi connectivity index (χ1v) is 8.93. The summed E-state index contributed by atoms with van der Waals surface area (Å²) >= 11 is 0. The Labute approximate surface area is 144 Å². The number of ether oxygens (including phenoxy) is 2. The fourth-order valence-electron chi connectivity index (χ4n) is 3.52. The minimum Gasteiger partial charge on any atom is -0.378 e. The topological polar surface area (TPSA) is 42.0 Å². The Morgan fingerprint density at radius 2 is 1.92 bits per heavy atom. The highest BCUT2D eigenvalue weighted by Crippen LogP contribution is 2.23. The van der Waals surface area contributed by atoms with Crippen molar-refractivity contribution in [3.8, 4) is 0 Å². The maximum Gasteiger partial charge on any atom is 0.228 e. The first-order chi connectivity index (χ1) is 11.6. The van der Waals surface area contributed by atoms with Crippen molar-refractivity contribution in [1.82, 2.24) is 4.90 Å². The van der Waals surface area contributed by atoms with E-state index in [0.717, 1.165) is 51.3 Å². The van der Waals surface area contributed by atoms with Crippen LogP contribution >= 0.6 is 0 Å². The number of hydrogen-bond acceptors (Lipinski definition) is 4. The predicted octanol–water partition coefficient (Wildman–Crippen LogP) is 2.30. The van der Waals surface area contributed by atoms with Crippen molar-refractivity contribution in [2.75, 3.05) is 44.9 Å². The second kappa shape index (κ2) is 7.99. The Morgan fingerprint density at radius 1 is 1.21 bits per heavy atom. The molecule has 0 radical (unpaired) electrons. The van der Waals surface area contributed by atoms with E-state index in [9.17, 15) is 4.79 Å². The average molecular weight is 332 g/mol. The van der Waals surface area contributed by atoms with Crippen LogP contribution in [0.25, 0.3) is 0 Å². The van der Waals surface area contributed by atoms with Gasteiger partial charge in [0.15, 0.2) is 0 Å². The molecular formula is C19H28N2O3. The summed E-state index contributed by atoms with van der Waals surface area (Å²) in [6, 6.07) is 8.53. The van der Waals surface area contributed by atoms with Gasteiger partial charge in [-0.3, -0.25) is 4.79 Å². The van der Waals surface area contributed by atoms with Crippen LogP contribution in [0.1, 0.15) is 25.3 Å². The third-order valence-corrected chi connectivity index (χ3v) is 5.03. The van der Waals surface area contributed by atoms with Gasteiger partial charge in [0.2, 0.25) is 5.91 Å². The number of amides is 1. The molecule has 5 nitrogen and oxygen atoms in total. The second-order valence-corrected chi connectivity index (χ2v) is 6.78. The number of benzene rings is 1. The standard InChI is InChI=1S/C19H28N2O3/c1-15-18(4-3-11-24-15)19(22)20(2)14-16-5-7-17(8-6-16)21-9-12-23-13-10-21/h5-8,15,18H,3-4,9-14H2,1-2H3/t15-,18-/m0/s1. The lowest BCUT2D eigenvalue weighted by atomic mass is 9.94. The molecule has 0 aliphatic carbocycles. The van der Waals surface area contributed by atoms with Gasteiger partial charge in [0.25, 0.3) is 0 Å². The molecule has 1 aromatic rings. The summed E-state index contributed by atoms with van der Waals surface area (Å²) in [5, 5.41) is 0. The van der Waals surface area contributed by atoms with Crippen molar-refractivity contribution in [2.24, 2.45) is 5.92 Å². The van der Waals surface area contributed by atoms with Gasteiger partial charge in [0, 0.05) is 39.0 Å². The number of carbonyl (C=O) groups excluding carboxylic acids is 1. The molecule has 0 bridgehead atoms. The van der Waals surface area contributed by atoms with Gasteiger partial charge in [-0.15, -0.1) is 0 Å². The molecule has 2 aliphatic rings. The van der Waals surface area contributed by atoms with Crippen molar-refractivity contribution < 1.29 is 14.3 Å². The van der Waals surface area contributed by atoms with Crippen LogP contribution in [0.3, 0.4) is 0 Å². The lowest BCUT2D eigenvalue weighted by Gasteiger charge is -2.31. The fourth-order valence-corrected chi connectivity index (χ4v) is 3.52. The number of rotatable bonds is 4. The molecule has 0 N–H and O–H groups in total. The van der Waals surface area contributed by atoms with Crippen LogP contribution in [0.2, 0.25) is 0 Å². The van der Waals surface area contributed by atoms with E-state index >= 15 is 0 Å². The monoisotopic (exact) mass is 332 g/mol. The number of carbonyl (C=O) groups is 1. The Bertz CT molecular complexity index is 540. The molecule has 0 aromatic heterocycles. The predicted molar refractivity (Wildman–Crippen MR) is 94.1 cm³/mol. The summed E-state index contributed by atoms with van der Waals surface area (Å²) in [7, 11) is 1.89. The molecule has 24 heavy (non-hydrogen) atoms. The Hall–Kier alpha value is -1.59. The first kappa shape index (κ1) is 17.2. The van der Waals surface area contributed by atoms with Crippen molar-refractivity contribution in [3.05, 3.63) is 29.8 Å². The molecule has 2 aliphatic heterocycles. The summed E-state index contributed by atoms with van der Waals surface area (Å²) in [4.78, 5) is 16.8. The van der Waals surface area contributed by atoms with Gasteiger partial charge < -0.3 is 19.3 Å². The van der Waals surface area contributed by atoms with Gasteiger partial charge in [-0.05, 0) is 37.5 Å². The van der Waals surface area contributed by atoms with Crippen molar-refractivity contribution >= 4 is 11.6 Å². The largest absolute Gasteiger partial charge is 0.378 e. The van der Waals surface area contributed by atoms with Crippen LogP contribution in [0.4, 0.5) is 5.69 Å². The number of anilines is 1. The van der Waals surface area contributed by atoms with Gasteiger partial charge in [-0.25, -0.2) is 0 Å². The highest BCUT2D eigenvalue weighted by Gasteiger charge is 2.30. The summed E-state index contributed by atoms with van der Waals surface area (Å²) < 4.78 is 11.0. The third-order valence-electron chi connectivity index (χ3n) is 5.03. The van der Waals surface area contributed by atoms with Crippen molar-refractivity contribution in [1.29, 1.82) is 0 Å². The van der Waals surface area contributed by atoms with E-state index in [-0.39, 0.29) is 17.9 Å². The molecule has 0 spiro atoms. The van der Waals surface area contributed by atoms with Crippen LogP contribution in [-0.4, -0.2) is 56.9 Å². The molecule has 5 heteroatoms. The van der Waals surface area contributed by atoms with E-state index in [1.165, 1.54) is 5.69 Å². The van der Waals surface area contributed by atoms with Gasteiger partial charge in [-0.2, -0.15) is 0 Å². The molecule has 132 valence electrons. The quantitative estimate of drug-likeness (QED) is 0.848. The minimum absolute atomic E-state index is 0.00336. The van der Waals surface area contributed by atoms with E-state index < -0.39 is 0 Å². The van der Waals surface area contributed by atoms with Crippen LogP contribution in [0.15, 0.2) is 24.3 Å². The average Bonchev–Trinajstić information content (AvgIpc) is 2.63. The number of nitrogens with zero attached hydrogens (tertiary/aromatic N) is 2. The SMILES string of the molecule is C[C@@H]1OCCC[C@@H]1C(=O)N(C)Cc1ccc(N2CCOCC2)cc1. The molecule has 2 fully saturated rings. The van der Waals surface area contributed by atoms with E-state index in [4.69, 9.17) is 9.47 Å². The normalized spacial score (nSPS) is 24.7. The fraction of sp³-hybridized carbons (Fsp3) is 0.632. The molecule has 1 amide bonds. The maximum atomic E-state index is 12.7. The highest BCUT2D eigenvalue weighted by molar-refractivity contribution is 5.79. The van der Waals surface area contributed by atoms with Gasteiger partial charge in [0.1, 0.15) is 0 Å². The molecule has 2 heterocycles. The Kier molecular flexibility index (Phi) is 5.74. The molecule has 0 saturated carbocycles. The third kappa shape index (κ3) is 4.08. The van der Waals surface area contributed by atoms with Crippen LogP contribution in [0.5, 0.6) is 0 Å². The van der Waals surface area contributed by atoms with Gasteiger partial charge in [-0.1, -0.05) is 12.1 Å². The molecule has 3 rings (SSSR count). The maximum absolute atomic E-state index is 12.7. The van der Waals surface area contributed by atoms with E-state index in [1.54, 1.807) is 0 Å². The van der Waals surface area contributed by atoms with Crippen LogP contribution in [0, 0.1) is 5.92 Å². The lowest BCUT2D eigenvalue weighted by Crippen LogP contribution is -2.40. The van der Waals surface area contributed by atoms with Gasteiger partial charge in [0.05, 0.1) is 25.2 Å². The second-order valence-electron chi connectivity index (χ2n) is 6.78. The van der Waals surface area contributed by atoms with E-state index in [0.29, 0.717) is 6.54 Å². The van der Waals surface area contributed by atoms with Crippen molar-refractivity contribution in [2.45, 2.75) is 32.4 Å². The zero-order chi connectivity index (χ0) is 16.9. The Morgan fingerprint density at radius 3 is 2.58 bits per heavy atom. The lowest BCUT2D eigenvalue weighted by molar-refractivity contribution is -0.143. The first-order valence-electron chi connectivity index (χ1n) is 8.93. The summed E-state index contributed by atoms with van der Waals surface area (Å²) in [6.07, 6.45) is 1.93. The summed E-state index contributed by atoms with van der Waals surface area (Å²) in [5.41, 5.74) is 2.39. The minimum atomic E-state index is -0.00336. The zero-order valence-electron chi connectivity index (χ0n) is 14.7. The van der Waals surface area contributed by atoms with E-state index in [2.05, 4.69) is 29.2 Å². The zero-order valence-corrected chi connectivity index (χ0v) is 14.7. The number of hydrogen-bond donors (Lipinski definition) is 0. The van der Waals surface area contributed by atoms with Gasteiger partial charge >= 0.3 is 0 Å². The highest BCUT2D eigenvalue weighted by atomic mass is 16.5. The molecular weight excluding hydrogens is 304 g/mol. The summed E-state index contributed by atoms with van der Waals surface area (Å²) in [5.74, 6) is 0.191. The number of morpholine rings is 1. The molecule has 1 aromatic carbocycles. The van der Waals surface area contributed by atoms with Crippen molar-refractivity contribution in [3.63, 3.8) is 0 Å². The van der Waals surface area contributed by atoms with Crippen LogP contribution in [-0.2, 0) is 20.8 Å². The Balaban J connectivity index is 1.57. The van der Waals surface area contributed by atoms with E-state index in [1.807, 2.05) is 18.9 Å². The molecule has 2 saturated heterocycles. The molecule has 0 unspecified atom stereocenters. The summed E-state index contributed by atoms with van der Waals surface area (Å²) in [6.45, 7) is 6.89.